The fourth-order valence-corrected chi connectivity index (χ4v) is 3.67. The van der Waals surface area contributed by atoms with Crippen molar-refractivity contribution in [1.82, 2.24) is 9.21 Å². The summed E-state index contributed by atoms with van der Waals surface area (Å²) in [7, 11) is -3.49. The molecule has 6 nitrogen and oxygen atoms in total. The number of piperazine rings is 1. The summed E-state index contributed by atoms with van der Waals surface area (Å²) in [5.41, 5.74) is 0.801. The molecule has 0 radical (unpaired) electrons. The molecule has 7 heteroatoms. The highest BCUT2D eigenvalue weighted by Crippen LogP contribution is 2.18. The Hall–Kier alpha value is -1.93. The van der Waals surface area contributed by atoms with E-state index >= 15 is 0 Å². The molecule has 1 saturated heterocycles. The Morgan fingerprint density at radius 1 is 1.00 bits per heavy atom. The van der Waals surface area contributed by atoms with Crippen LogP contribution in [0.25, 0.3) is 0 Å². The summed E-state index contributed by atoms with van der Waals surface area (Å²) in [5.74, 6) is 0. The van der Waals surface area contributed by atoms with Crippen LogP contribution in [0, 0.1) is 22.7 Å². The standard InChI is InChI=1S/C14H16N4O2S/c15-6-5-13-1-3-14(4-2-13)21(19,20)18-11-9-17(8-7-16)10-12-18/h1-4H,5,8-12H2. The normalized spacial score (nSPS) is 17.0. The third-order valence-electron chi connectivity index (χ3n) is 3.47. The quantitative estimate of drug-likeness (QED) is 0.759. The SMILES string of the molecule is N#CCc1ccc(S(=O)(=O)N2CCN(CC#N)CC2)cc1. The van der Waals surface area contributed by atoms with Gasteiger partial charge in [-0.15, -0.1) is 0 Å². The van der Waals surface area contributed by atoms with Gasteiger partial charge in [-0.2, -0.15) is 14.8 Å². The highest BCUT2D eigenvalue weighted by atomic mass is 32.2. The number of sulfonamides is 1. The molecule has 1 aromatic rings. The monoisotopic (exact) mass is 304 g/mol. The summed E-state index contributed by atoms with van der Waals surface area (Å²) in [4.78, 5) is 2.18. The Kier molecular flexibility index (Phi) is 4.92. The van der Waals surface area contributed by atoms with Crippen molar-refractivity contribution in [2.24, 2.45) is 0 Å². The lowest BCUT2D eigenvalue weighted by Gasteiger charge is -2.32. The van der Waals surface area contributed by atoms with Gasteiger partial charge < -0.3 is 0 Å². The molecule has 1 fully saturated rings. The fourth-order valence-electron chi connectivity index (χ4n) is 2.25. The van der Waals surface area contributed by atoms with Crippen molar-refractivity contribution in [3.63, 3.8) is 0 Å². The molecule has 0 aromatic heterocycles. The van der Waals surface area contributed by atoms with Crippen LogP contribution in [-0.4, -0.2) is 50.3 Å². The molecular formula is C14H16N4O2S. The summed E-state index contributed by atoms with van der Waals surface area (Å²) in [6.45, 7) is 2.25. The van der Waals surface area contributed by atoms with Crippen LogP contribution in [0.3, 0.4) is 0 Å². The van der Waals surface area contributed by atoms with Gasteiger partial charge in [0, 0.05) is 26.2 Å². The number of nitriles is 2. The average Bonchev–Trinajstić information content (AvgIpc) is 2.49. The van der Waals surface area contributed by atoms with Gasteiger partial charge in [0.15, 0.2) is 0 Å². The molecule has 0 amide bonds. The van der Waals surface area contributed by atoms with Crippen LogP contribution in [0.4, 0.5) is 0 Å². The minimum Gasteiger partial charge on any atom is -0.288 e. The molecule has 0 aliphatic carbocycles. The van der Waals surface area contributed by atoms with Crippen LogP contribution in [0.2, 0.25) is 0 Å². The van der Waals surface area contributed by atoms with E-state index in [9.17, 15) is 8.42 Å². The van der Waals surface area contributed by atoms with Crippen molar-refractivity contribution >= 4 is 10.0 Å². The van der Waals surface area contributed by atoms with Crippen molar-refractivity contribution in [1.29, 1.82) is 10.5 Å². The summed E-state index contributed by atoms with van der Waals surface area (Å²) in [5, 5.41) is 17.3. The molecule has 0 saturated carbocycles. The lowest BCUT2D eigenvalue weighted by atomic mass is 10.2. The molecular weight excluding hydrogens is 288 g/mol. The minimum atomic E-state index is -3.49. The molecule has 1 aliphatic heterocycles. The summed E-state index contributed by atoms with van der Waals surface area (Å²) < 4.78 is 26.4. The number of benzene rings is 1. The number of hydrogen-bond acceptors (Lipinski definition) is 5. The van der Waals surface area contributed by atoms with Crippen LogP contribution in [0.15, 0.2) is 29.2 Å². The lowest BCUT2D eigenvalue weighted by molar-refractivity contribution is 0.206. The molecule has 0 spiro atoms. The first kappa shape index (κ1) is 15.5. The first-order valence-electron chi connectivity index (χ1n) is 6.63. The van der Waals surface area contributed by atoms with Crippen LogP contribution >= 0.6 is 0 Å². The van der Waals surface area contributed by atoms with Crippen molar-refractivity contribution in [3.8, 4) is 12.1 Å². The third-order valence-corrected chi connectivity index (χ3v) is 5.38. The Labute approximate surface area is 124 Å². The van der Waals surface area contributed by atoms with E-state index in [4.69, 9.17) is 10.5 Å². The molecule has 0 N–H and O–H groups in total. The Morgan fingerprint density at radius 3 is 2.14 bits per heavy atom. The molecule has 110 valence electrons. The second kappa shape index (κ2) is 6.68. The number of rotatable bonds is 4. The van der Waals surface area contributed by atoms with Gasteiger partial charge >= 0.3 is 0 Å². The van der Waals surface area contributed by atoms with Crippen LogP contribution < -0.4 is 0 Å². The predicted molar refractivity (Wildman–Crippen MR) is 76.6 cm³/mol. The summed E-state index contributed by atoms with van der Waals surface area (Å²) in [6, 6.07) is 10.5. The molecule has 0 bridgehead atoms. The molecule has 0 unspecified atom stereocenters. The van der Waals surface area contributed by atoms with Crippen LogP contribution in [0.5, 0.6) is 0 Å². The lowest BCUT2D eigenvalue weighted by Crippen LogP contribution is -2.48. The van der Waals surface area contributed by atoms with E-state index in [-0.39, 0.29) is 11.3 Å². The summed E-state index contributed by atoms with van der Waals surface area (Å²) in [6.07, 6.45) is 0.271. The first-order chi connectivity index (χ1) is 10.1. The van der Waals surface area contributed by atoms with Crippen molar-refractivity contribution in [2.45, 2.75) is 11.3 Å². The molecule has 21 heavy (non-hydrogen) atoms. The zero-order valence-corrected chi connectivity index (χ0v) is 12.4. The van der Waals surface area contributed by atoms with Gasteiger partial charge in [0.05, 0.1) is 30.0 Å². The van der Waals surface area contributed by atoms with E-state index in [1.165, 1.54) is 4.31 Å². The third kappa shape index (κ3) is 3.59. The Bertz CT molecular complexity index is 662. The van der Waals surface area contributed by atoms with E-state index in [1.54, 1.807) is 24.3 Å². The zero-order chi connectivity index (χ0) is 15.3. The fraction of sp³-hybridized carbons (Fsp3) is 0.429. The maximum absolute atomic E-state index is 12.5. The van der Waals surface area contributed by atoms with Gasteiger partial charge in [0.25, 0.3) is 0 Å². The van der Waals surface area contributed by atoms with Crippen LogP contribution in [-0.2, 0) is 16.4 Å². The topological polar surface area (TPSA) is 88.2 Å². The average molecular weight is 304 g/mol. The maximum atomic E-state index is 12.5. The van der Waals surface area contributed by atoms with Gasteiger partial charge in [0.1, 0.15) is 0 Å². The van der Waals surface area contributed by atoms with Gasteiger partial charge in [-0.3, -0.25) is 4.90 Å². The zero-order valence-electron chi connectivity index (χ0n) is 11.6. The Balaban J connectivity index is 2.09. The summed E-state index contributed by atoms with van der Waals surface area (Å²) >= 11 is 0. The van der Waals surface area contributed by atoms with E-state index in [0.717, 1.165) is 5.56 Å². The highest BCUT2D eigenvalue weighted by Gasteiger charge is 2.28. The Morgan fingerprint density at radius 2 is 1.62 bits per heavy atom. The van der Waals surface area contributed by atoms with Crippen LogP contribution in [0.1, 0.15) is 5.56 Å². The molecule has 0 atom stereocenters. The maximum Gasteiger partial charge on any atom is 0.243 e. The van der Waals surface area contributed by atoms with E-state index < -0.39 is 10.0 Å². The number of hydrogen-bond donors (Lipinski definition) is 0. The van der Waals surface area contributed by atoms with Gasteiger partial charge in [0.2, 0.25) is 10.0 Å². The predicted octanol–water partition coefficient (Wildman–Crippen LogP) is 0.583. The second-order valence-electron chi connectivity index (χ2n) is 4.82. The first-order valence-corrected chi connectivity index (χ1v) is 8.07. The molecule has 2 rings (SSSR count). The van der Waals surface area contributed by atoms with Crippen molar-refractivity contribution in [3.05, 3.63) is 29.8 Å². The van der Waals surface area contributed by atoms with E-state index in [0.29, 0.717) is 32.7 Å². The van der Waals surface area contributed by atoms with E-state index in [1.807, 2.05) is 11.0 Å². The molecule has 1 aromatic carbocycles. The molecule has 1 aliphatic rings. The highest BCUT2D eigenvalue weighted by molar-refractivity contribution is 7.89. The van der Waals surface area contributed by atoms with Gasteiger partial charge in [-0.1, -0.05) is 12.1 Å². The van der Waals surface area contributed by atoms with Gasteiger partial charge in [-0.25, -0.2) is 8.42 Å². The van der Waals surface area contributed by atoms with Gasteiger partial charge in [-0.05, 0) is 17.7 Å². The van der Waals surface area contributed by atoms with E-state index in [2.05, 4.69) is 6.07 Å². The van der Waals surface area contributed by atoms with Crippen molar-refractivity contribution < 1.29 is 8.42 Å². The smallest absolute Gasteiger partial charge is 0.243 e. The molecule has 1 heterocycles. The number of nitrogens with zero attached hydrogens (tertiary/aromatic N) is 4. The largest absolute Gasteiger partial charge is 0.288 e. The second-order valence-corrected chi connectivity index (χ2v) is 6.76. The minimum absolute atomic E-state index is 0.248. The van der Waals surface area contributed by atoms with Crippen molar-refractivity contribution in [2.75, 3.05) is 32.7 Å².